The molecule has 0 spiro atoms. The van der Waals surface area contributed by atoms with Crippen LogP contribution in [-0.4, -0.2) is 18.3 Å². The molecule has 126 valence electrons. The highest BCUT2D eigenvalue weighted by molar-refractivity contribution is 6.34. The first-order chi connectivity index (χ1) is 12.3. The topological polar surface area (TPSA) is 34.6 Å². The van der Waals surface area contributed by atoms with Crippen molar-refractivity contribution in [3.63, 3.8) is 0 Å². The van der Waals surface area contributed by atoms with Gasteiger partial charge in [-0.1, -0.05) is 41.9 Å². The van der Waals surface area contributed by atoms with Crippen molar-refractivity contribution in [1.82, 2.24) is 4.98 Å². The van der Waals surface area contributed by atoms with Crippen LogP contribution in [0.3, 0.4) is 0 Å². The zero-order chi connectivity index (χ0) is 16.8. The summed E-state index contributed by atoms with van der Waals surface area (Å²) in [6.07, 6.45) is 2.22. The number of aromatic nitrogens is 1. The molecule has 25 heavy (non-hydrogen) atoms. The smallest absolute Gasteiger partial charge is 0.231 e. The second kappa shape index (κ2) is 5.81. The Morgan fingerprint density at radius 3 is 2.88 bits per heavy atom. The van der Waals surface area contributed by atoms with Gasteiger partial charge in [-0.15, -0.1) is 0 Å². The summed E-state index contributed by atoms with van der Waals surface area (Å²) in [4.78, 5) is 7.01. The lowest BCUT2D eigenvalue weighted by atomic mass is 10.0. The van der Waals surface area contributed by atoms with Crippen LogP contribution in [0.4, 0.5) is 5.82 Å². The number of benzene rings is 2. The van der Waals surface area contributed by atoms with E-state index in [-0.39, 0.29) is 6.04 Å². The second-order valence-corrected chi connectivity index (χ2v) is 6.81. The highest BCUT2D eigenvalue weighted by atomic mass is 35.5. The van der Waals surface area contributed by atoms with E-state index in [9.17, 15) is 0 Å². The number of halogens is 1. The fourth-order valence-electron chi connectivity index (χ4n) is 3.80. The molecule has 1 saturated heterocycles. The minimum Gasteiger partial charge on any atom is -0.454 e. The van der Waals surface area contributed by atoms with Gasteiger partial charge in [0.1, 0.15) is 11.0 Å². The van der Waals surface area contributed by atoms with Crippen molar-refractivity contribution in [3.05, 3.63) is 59.2 Å². The van der Waals surface area contributed by atoms with Gasteiger partial charge in [-0.3, -0.25) is 0 Å². The molecule has 2 aliphatic rings. The van der Waals surface area contributed by atoms with Gasteiger partial charge in [0.05, 0.1) is 6.04 Å². The van der Waals surface area contributed by atoms with Gasteiger partial charge in [0.2, 0.25) is 6.79 Å². The number of hydrogen-bond donors (Lipinski definition) is 0. The molecule has 1 unspecified atom stereocenters. The molecule has 2 aliphatic heterocycles. The molecule has 5 rings (SSSR count). The van der Waals surface area contributed by atoms with Crippen LogP contribution in [0.2, 0.25) is 5.15 Å². The van der Waals surface area contributed by atoms with Crippen LogP contribution in [0, 0.1) is 0 Å². The van der Waals surface area contributed by atoms with Gasteiger partial charge in [0.15, 0.2) is 11.5 Å². The van der Waals surface area contributed by atoms with Crippen LogP contribution in [0.1, 0.15) is 24.4 Å². The van der Waals surface area contributed by atoms with E-state index < -0.39 is 0 Å². The predicted octanol–water partition coefficient (Wildman–Crippen LogP) is 4.96. The standard InChI is InChI=1S/C20H17ClN2O2/c21-20-15-5-2-1-4-13(15)11-19(22-20)23-9-3-6-16(23)14-7-8-17-18(10-14)25-12-24-17/h1-2,4-5,7-8,10-11,16H,3,6,9,12H2. The Bertz CT molecular complexity index is 960. The zero-order valence-electron chi connectivity index (χ0n) is 13.6. The van der Waals surface area contributed by atoms with Crippen LogP contribution in [0.15, 0.2) is 48.5 Å². The van der Waals surface area contributed by atoms with Gasteiger partial charge >= 0.3 is 0 Å². The van der Waals surface area contributed by atoms with Crippen LogP contribution in [0.5, 0.6) is 11.5 Å². The van der Waals surface area contributed by atoms with E-state index in [1.54, 1.807) is 0 Å². The molecule has 4 nitrogen and oxygen atoms in total. The van der Waals surface area contributed by atoms with Gasteiger partial charge in [0.25, 0.3) is 0 Å². The molecular formula is C20H17ClN2O2. The largest absolute Gasteiger partial charge is 0.454 e. The van der Waals surface area contributed by atoms with E-state index in [0.29, 0.717) is 11.9 Å². The fraction of sp³-hybridized carbons (Fsp3) is 0.250. The SMILES string of the molecule is Clc1nc(N2CCCC2c2ccc3c(c2)OCO3)cc2ccccc12. The van der Waals surface area contributed by atoms with Gasteiger partial charge < -0.3 is 14.4 Å². The Kier molecular flexibility index (Phi) is 3.45. The number of hydrogen-bond acceptors (Lipinski definition) is 4. The minimum absolute atomic E-state index is 0.277. The van der Waals surface area contributed by atoms with Crippen molar-refractivity contribution in [1.29, 1.82) is 0 Å². The Morgan fingerprint density at radius 2 is 1.92 bits per heavy atom. The summed E-state index contributed by atoms with van der Waals surface area (Å²) in [7, 11) is 0. The summed E-state index contributed by atoms with van der Waals surface area (Å²) < 4.78 is 11.0. The molecule has 0 N–H and O–H groups in total. The van der Waals surface area contributed by atoms with Gasteiger partial charge in [0, 0.05) is 11.9 Å². The molecule has 5 heteroatoms. The van der Waals surface area contributed by atoms with E-state index in [1.807, 2.05) is 24.3 Å². The number of pyridine rings is 1. The number of rotatable bonds is 2. The first-order valence-electron chi connectivity index (χ1n) is 8.51. The molecule has 0 radical (unpaired) electrons. The van der Waals surface area contributed by atoms with Gasteiger partial charge in [-0.25, -0.2) is 4.98 Å². The maximum atomic E-state index is 6.44. The van der Waals surface area contributed by atoms with Gasteiger partial charge in [-0.05, 0) is 42.0 Å². The molecule has 0 bridgehead atoms. The third-order valence-corrected chi connectivity index (χ3v) is 5.30. The summed E-state index contributed by atoms with van der Waals surface area (Å²) in [6.45, 7) is 1.27. The average molecular weight is 353 g/mol. The summed E-state index contributed by atoms with van der Waals surface area (Å²) in [5.41, 5.74) is 1.23. The fourth-order valence-corrected chi connectivity index (χ4v) is 4.06. The molecule has 3 aromatic rings. The molecular weight excluding hydrogens is 336 g/mol. The lowest BCUT2D eigenvalue weighted by Crippen LogP contribution is -2.23. The van der Waals surface area contributed by atoms with Crippen LogP contribution >= 0.6 is 11.6 Å². The number of nitrogens with zero attached hydrogens (tertiary/aromatic N) is 2. The minimum atomic E-state index is 0.277. The molecule has 1 atom stereocenters. The molecule has 2 aromatic carbocycles. The number of anilines is 1. The first kappa shape index (κ1) is 14.8. The second-order valence-electron chi connectivity index (χ2n) is 6.46. The number of ether oxygens (including phenoxy) is 2. The van der Waals surface area contributed by atoms with Crippen LogP contribution < -0.4 is 14.4 Å². The zero-order valence-corrected chi connectivity index (χ0v) is 14.4. The lowest BCUT2D eigenvalue weighted by molar-refractivity contribution is 0.174. The van der Waals surface area contributed by atoms with E-state index >= 15 is 0 Å². The summed E-state index contributed by atoms with van der Waals surface area (Å²) in [5.74, 6) is 2.58. The molecule has 3 heterocycles. The monoisotopic (exact) mass is 352 g/mol. The molecule has 1 fully saturated rings. The Morgan fingerprint density at radius 1 is 1.04 bits per heavy atom. The summed E-state index contributed by atoms with van der Waals surface area (Å²) >= 11 is 6.44. The van der Waals surface area contributed by atoms with E-state index in [2.05, 4.69) is 34.1 Å². The highest BCUT2D eigenvalue weighted by Crippen LogP contribution is 2.41. The summed E-state index contributed by atoms with van der Waals surface area (Å²) in [6, 6.07) is 16.7. The van der Waals surface area contributed by atoms with E-state index in [0.717, 1.165) is 47.5 Å². The first-order valence-corrected chi connectivity index (χ1v) is 8.89. The quantitative estimate of drug-likeness (QED) is 0.611. The molecule has 1 aromatic heterocycles. The Hall–Kier alpha value is -2.46. The lowest BCUT2D eigenvalue weighted by Gasteiger charge is -2.26. The van der Waals surface area contributed by atoms with Crippen molar-refractivity contribution in [3.8, 4) is 11.5 Å². The van der Waals surface area contributed by atoms with Crippen LogP contribution in [0.25, 0.3) is 10.8 Å². The molecule has 0 saturated carbocycles. The predicted molar refractivity (Wildman–Crippen MR) is 98.6 cm³/mol. The van der Waals surface area contributed by atoms with Crippen molar-refractivity contribution in [2.45, 2.75) is 18.9 Å². The van der Waals surface area contributed by atoms with Crippen molar-refractivity contribution in [2.75, 3.05) is 18.2 Å². The van der Waals surface area contributed by atoms with Crippen molar-refractivity contribution >= 4 is 28.2 Å². The molecule has 0 aliphatic carbocycles. The Balaban J connectivity index is 1.55. The third kappa shape index (κ3) is 2.48. The van der Waals surface area contributed by atoms with Crippen molar-refractivity contribution < 1.29 is 9.47 Å². The van der Waals surface area contributed by atoms with Crippen LogP contribution in [-0.2, 0) is 0 Å². The third-order valence-electron chi connectivity index (χ3n) is 5.01. The average Bonchev–Trinajstić information content (AvgIpc) is 3.30. The van der Waals surface area contributed by atoms with E-state index in [1.165, 1.54) is 5.56 Å². The normalized spacial score (nSPS) is 18.9. The summed E-state index contributed by atoms with van der Waals surface area (Å²) in [5, 5.41) is 2.67. The van der Waals surface area contributed by atoms with Gasteiger partial charge in [-0.2, -0.15) is 0 Å². The Labute approximate surface area is 150 Å². The van der Waals surface area contributed by atoms with Crippen molar-refractivity contribution in [2.24, 2.45) is 0 Å². The molecule has 0 amide bonds. The highest BCUT2D eigenvalue weighted by Gasteiger charge is 2.29. The number of fused-ring (bicyclic) bond motifs is 2. The van der Waals surface area contributed by atoms with E-state index in [4.69, 9.17) is 21.1 Å². The maximum absolute atomic E-state index is 6.44. The maximum Gasteiger partial charge on any atom is 0.231 e.